The van der Waals surface area contributed by atoms with E-state index in [2.05, 4.69) is 5.32 Å². The molecule has 0 aliphatic carbocycles. The second-order valence-corrected chi connectivity index (χ2v) is 7.27. The van der Waals surface area contributed by atoms with Crippen LogP contribution in [0.5, 0.6) is 0 Å². The molecule has 1 N–H and O–H groups in total. The van der Waals surface area contributed by atoms with E-state index in [1.165, 1.54) is 0 Å². The Morgan fingerprint density at radius 1 is 1.00 bits per heavy atom. The van der Waals surface area contributed by atoms with Crippen molar-refractivity contribution >= 4 is 34.8 Å². The molecule has 1 aliphatic heterocycles. The van der Waals surface area contributed by atoms with Gasteiger partial charge < -0.3 is 5.32 Å². The highest BCUT2D eigenvalue weighted by Crippen LogP contribution is 2.34. The van der Waals surface area contributed by atoms with Crippen molar-refractivity contribution in [2.45, 2.75) is 19.4 Å². The number of rotatable bonds is 3. The zero-order chi connectivity index (χ0) is 19.7. The van der Waals surface area contributed by atoms with Crippen molar-refractivity contribution in [3.05, 3.63) is 94.5 Å². The first-order chi connectivity index (χ1) is 13.5. The number of para-hydroxylation sites is 1. The van der Waals surface area contributed by atoms with E-state index in [0.29, 0.717) is 22.7 Å². The molecular formula is C23H19ClN2O2. The topological polar surface area (TPSA) is 49.4 Å². The summed E-state index contributed by atoms with van der Waals surface area (Å²) < 4.78 is 0. The quantitative estimate of drug-likeness (QED) is 0.694. The van der Waals surface area contributed by atoms with Gasteiger partial charge in [-0.05, 0) is 54.4 Å². The third kappa shape index (κ3) is 3.39. The minimum absolute atomic E-state index is 0.182. The van der Waals surface area contributed by atoms with Gasteiger partial charge in [0, 0.05) is 28.4 Å². The van der Waals surface area contributed by atoms with E-state index >= 15 is 0 Å². The van der Waals surface area contributed by atoms with Gasteiger partial charge in [0.15, 0.2) is 0 Å². The van der Waals surface area contributed by atoms with Gasteiger partial charge in [-0.1, -0.05) is 48.0 Å². The molecule has 140 valence electrons. The van der Waals surface area contributed by atoms with E-state index < -0.39 is 6.04 Å². The summed E-state index contributed by atoms with van der Waals surface area (Å²) in [6, 6.07) is 21.4. The third-order valence-corrected chi connectivity index (χ3v) is 5.20. The molecule has 0 spiro atoms. The number of nitrogens with zero attached hydrogens (tertiary/aromatic N) is 1. The van der Waals surface area contributed by atoms with E-state index in [1.807, 2.05) is 49.4 Å². The van der Waals surface area contributed by atoms with Crippen LogP contribution in [0.3, 0.4) is 0 Å². The average molecular weight is 391 g/mol. The second kappa shape index (κ2) is 7.49. The fourth-order valence-corrected chi connectivity index (χ4v) is 3.78. The van der Waals surface area contributed by atoms with E-state index in [0.717, 1.165) is 16.8 Å². The van der Waals surface area contributed by atoms with Crippen molar-refractivity contribution in [2.24, 2.45) is 0 Å². The highest BCUT2D eigenvalue weighted by molar-refractivity contribution is 6.30. The molecule has 1 atom stereocenters. The molecule has 28 heavy (non-hydrogen) atoms. The van der Waals surface area contributed by atoms with Gasteiger partial charge in [0.05, 0.1) is 0 Å². The van der Waals surface area contributed by atoms with E-state index in [4.69, 9.17) is 11.6 Å². The number of hydrogen-bond acceptors (Lipinski definition) is 2. The lowest BCUT2D eigenvalue weighted by molar-refractivity contribution is -0.117. The minimum Gasteiger partial charge on any atom is -0.324 e. The highest BCUT2D eigenvalue weighted by Gasteiger charge is 2.38. The average Bonchev–Trinajstić information content (AvgIpc) is 3.10. The smallest absolute Gasteiger partial charge is 0.259 e. The molecule has 1 aliphatic rings. The molecule has 0 aromatic heterocycles. The number of halogens is 1. The van der Waals surface area contributed by atoms with Crippen LogP contribution < -0.4 is 10.2 Å². The summed E-state index contributed by atoms with van der Waals surface area (Å²) in [6.07, 6.45) is 0.479. The van der Waals surface area contributed by atoms with Gasteiger partial charge in [0.1, 0.15) is 6.04 Å². The number of amides is 2. The van der Waals surface area contributed by atoms with Crippen LogP contribution in [-0.2, 0) is 11.2 Å². The van der Waals surface area contributed by atoms with E-state index in [1.54, 1.807) is 35.2 Å². The standard InChI is InChI=1S/C23H19ClN2O2/c1-15-13-18(24)11-12-19(15)25-22(27)21-14-17-9-5-6-10-20(17)26(21)23(28)16-7-3-2-4-8-16/h2-13,21H,14H2,1H3,(H,25,27). The molecule has 2 amide bonds. The molecule has 4 nitrogen and oxygen atoms in total. The fourth-order valence-electron chi connectivity index (χ4n) is 3.55. The van der Waals surface area contributed by atoms with Crippen LogP contribution in [0.15, 0.2) is 72.8 Å². The lowest BCUT2D eigenvalue weighted by Gasteiger charge is -2.25. The van der Waals surface area contributed by atoms with Crippen molar-refractivity contribution < 1.29 is 9.59 Å². The fraction of sp³-hybridized carbons (Fsp3) is 0.130. The first kappa shape index (κ1) is 18.3. The number of aryl methyl sites for hydroxylation is 1. The third-order valence-electron chi connectivity index (χ3n) is 4.96. The number of benzene rings is 3. The van der Waals surface area contributed by atoms with Gasteiger partial charge >= 0.3 is 0 Å². The maximum atomic E-state index is 13.2. The normalized spacial score (nSPS) is 15.2. The predicted molar refractivity (Wildman–Crippen MR) is 112 cm³/mol. The van der Waals surface area contributed by atoms with Gasteiger partial charge in [0.2, 0.25) is 5.91 Å². The Morgan fingerprint density at radius 2 is 1.71 bits per heavy atom. The Kier molecular flexibility index (Phi) is 4.88. The highest BCUT2D eigenvalue weighted by atomic mass is 35.5. The Labute approximate surface area is 168 Å². The second-order valence-electron chi connectivity index (χ2n) is 6.84. The Bertz CT molecular complexity index is 1050. The number of carbonyl (C=O) groups is 2. The molecule has 5 heteroatoms. The van der Waals surface area contributed by atoms with Crippen LogP contribution in [0.4, 0.5) is 11.4 Å². The summed E-state index contributed by atoms with van der Waals surface area (Å²) in [5.74, 6) is -0.399. The van der Waals surface area contributed by atoms with Crippen LogP contribution in [0, 0.1) is 6.92 Å². The minimum atomic E-state index is -0.611. The largest absolute Gasteiger partial charge is 0.324 e. The van der Waals surface area contributed by atoms with Gasteiger partial charge in [-0.15, -0.1) is 0 Å². The molecule has 1 unspecified atom stereocenters. The molecule has 0 saturated heterocycles. The van der Waals surface area contributed by atoms with Gasteiger partial charge in [-0.2, -0.15) is 0 Å². The Morgan fingerprint density at radius 3 is 2.46 bits per heavy atom. The number of carbonyl (C=O) groups excluding carboxylic acids is 2. The lowest BCUT2D eigenvalue weighted by atomic mass is 10.1. The molecule has 0 radical (unpaired) electrons. The first-order valence-electron chi connectivity index (χ1n) is 9.08. The number of nitrogens with one attached hydrogen (secondary N) is 1. The zero-order valence-electron chi connectivity index (χ0n) is 15.4. The molecule has 4 rings (SSSR count). The van der Waals surface area contributed by atoms with Crippen molar-refractivity contribution in [1.82, 2.24) is 0 Å². The Hall–Kier alpha value is -3.11. The SMILES string of the molecule is Cc1cc(Cl)ccc1NC(=O)C1Cc2ccccc2N1C(=O)c1ccccc1. The molecule has 0 saturated carbocycles. The molecule has 3 aromatic carbocycles. The molecular weight excluding hydrogens is 372 g/mol. The Balaban J connectivity index is 1.67. The molecule has 3 aromatic rings. The van der Waals surface area contributed by atoms with Crippen molar-refractivity contribution in [3.8, 4) is 0 Å². The van der Waals surface area contributed by atoms with Crippen molar-refractivity contribution in [1.29, 1.82) is 0 Å². The van der Waals surface area contributed by atoms with Gasteiger partial charge in [-0.25, -0.2) is 0 Å². The molecule has 0 fully saturated rings. The monoisotopic (exact) mass is 390 g/mol. The maximum Gasteiger partial charge on any atom is 0.259 e. The zero-order valence-corrected chi connectivity index (χ0v) is 16.1. The van der Waals surface area contributed by atoms with E-state index in [-0.39, 0.29) is 11.8 Å². The van der Waals surface area contributed by atoms with Crippen LogP contribution in [0.25, 0.3) is 0 Å². The van der Waals surface area contributed by atoms with Gasteiger partial charge in [0.25, 0.3) is 5.91 Å². The molecule has 0 bridgehead atoms. The number of fused-ring (bicyclic) bond motifs is 1. The maximum absolute atomic E-state index is 13.2. The summed E-state index contributed by atoms with van der Waals surface area (Å²) in [4.78, 5) is 27.9. The van der Waals surface area contributed by atoms with Crippen LogP contribution >= 0.6 is 11.6 Å². The summed E-state index contributed by atoms with van der Waals surface area (Å²) in [6.45, 7) is 1.89. The summed E-state index contributed by atoms with van der Waals surface area (Å²) in [5, 5.41) is 3.57. The number of hydrogen-bond donors (Lipinski definition) is 1. The summed E-state index contributed by atoms with van der Waals surface area (Å²) in [7, 11) is 0. The molecule has 1 heterocycles. The lowest BCUT2D eigenvalue weighted by Crippen LogP contribution is -2.45. The first-order valence-corrected chi connectivity index (χ1v) is 9.46. The predicted octanol–water partition coefficient (Wildman–Crippen LogP) is 4.86. The van der Waals surface area contributed by atoms with Crippen LogP contribution in [0.2, 0.25) is 5.02 Å². The van der Waals surface area contributed by atoms with Crippen LogP contribution in [-0.4, -0.2) is 17.9 Å². The van der Waals surface area contributed by atoms with Crippen molar-refractivity contribution in [2.75, 3.05) is 10.2 Å². The van der Waals surface area contributed by atoms with E-state index in [9.17, 15) is 9.59 Å². The number of anilines is 2. The van der Waals surface area contributed by atoms with Crippen molar-refractivity contribution in [3.63, 3.8) is 0 Å². The summed E-state index contributed by atoms with van der Waals surface area (Å²) in [5.41, 5.74) is 3.89. The van der Waals surface area contributed by atoms with Crippen LogP contribution in [0.1, 0.15) is 21.5 Å². The summed E-state index contributed by atoms with van der Waals surface area (Å²) >= 11 is 6.01. The van der Waals surface area contributed by atoms with Gasteiger partial charge in [-0.3, -0.25) is 14.5 Å².